The summed E-state index contributed by atoms with van der Waals surface area (Å²) in [5.41, 5.74) is 5.02. The van der Waals surface area contributed by atoms with Crippen LogP contribution in [0.4, 0.5) is 5.69 Å². The number of carbonyl (C=O) groups is 1. The van der Waals surface area contributed by atoms with Crippen LogP contribution < -0.4 is 5.32 Å². The van der Waals surface area contributed by atoms with Crippen molar-refractivity contribution in [2.45, 2.75) is 0 Å². The number of rotatable bonds is 2. The Morgan fingerprint density at radius 3 is 2.38 bits per heavy atom. The topological polar surface area (TPSA) is 42.0 Å². The van der Waals surface area contributed by atoms with Gasteiger partial charge < -0.3 is 5.32 Å². The lowest BCUT2D eigenvalue weighted by Crippen LogP contribution is -2.06. The van der Waals surface area contributed by atoms with Crippen molar-refractivity contribution in [2.75, 3.05) is 5.32 Å². The van der Waals surface area contributed by atoms with Gasteiger partial charge in [0, 0.05) is 34.2 Å². The molecule has 0 saturated heterocycles. The summed E-state index contributed by atoms with van der Waals surface area (Å²) in [7, 11) is 0. The van der Waals surface area contributed by atoms with E-state index in [9.17, 15) is 4.79 Å². The van der Waals surface area contributed by atoms with Crippen LogP contribution in [0.1, 0.15) is 16.7 Å². The molecule has 1 aliphatic rings. The Labute approximate surface area is 144 Å². The largest absolute Gasteiger partial charge is 0.321 e. The second-order valence-corrected chi connectivity index (χ2v) is 5.93. The molecule has 0 spiro atoms. The molecule has 3 nitrogen and oxygen atoms in total. The summed E-state index contributed by atoms with van der Waals surface area (Å²) < 4.78 is 0. The molecule has 4 heteroatoms. The number of carbonyl (C=O) groups excluding carboxylic acids is 1. The van der Waals surface area contributed by atoms with E-state index in [1.807, 2.05) is 54.6 Å². The molecule has 0 bridgehead atoms. The van der Waals surface area contributed by atoms with Gasteiger partial charge in [0.25, 0.3) is 5.91 Å². The number of nitrogens with one attached hydrogen (secondary N) is 1. The second kappa shape index (κ2) is 5.95. The fraction of sp³-hybridized carbons (Fsp3) is 0. The Balaban J connectivity index is 2.06. The third-order valence-corrected chi connectivity index (χ3v) is 4.24. The zero-order valence-electron chi connectivity index (χ0n) is 12.7. The first-order chi connectivity index (χ1) is 11.7. The summed E-state index contributed by atoms with van der Waals surface area (Å²) in [6, 6.07) is 19.1. The standard InChI is InChI=1S/C20H13ClN2O/c21-15-6-7-17-16(12-15)19(20(24)23-17)18(13-4-2-1-3-5-13)14-8-10-22-11-9-14/h1-12H,(H,23,24)/b19-18+. The molecule has 0 saturated carbocycles. The maximum Gasteiger partial charge on any atom is 0.257 e. The lowest BCUT2D eigenvalue weighted by Gasteiger charge is -2.12. The number of hydrogen-bond acceptors (Lipinski definition) is 2. The minimum atomic E-state index is -0.122. The molecule has 0 atom stereocenters. The first kappa shape index (κ1) is 14.7. The summed E-state index contributed by atoms with van der Waals surface area (Å²) in [6.45, 7) is 0. The number of benzene rings is 2. The zero-order valence-corrected chi connectivity index (χ0v) is 13.4. The molecule has 1 N–H and O–H groups in total. The van der Waals surface area contributed by atoms with Crippen molar-refractivity contribution in [2.24, 2.45) is 0 Å². The van der Waals surface area contributed by atoms with E-state index in [-0.39, 0.29) is 5.91 Å². The van der Waals surface area contributed by atoms with E-state index in [0.717, 1.165) is 28.0 Å². The first-order valence-electron chi connectivity index (χ1n) is 7.55. The van der Waals surface area contributed by atoms with E-state index in [2.05, 4.69) is 10.3 Å². The molecular formula is C20H13ClN2O. The predicted molar refractivity (Wildman–Crippen MR) is 96.7 cm³/mol. The number of aromatic nitrogens is 1. The van der Waals surface area contributed by atoms with E-state index in [1.54, 1.807) is 18.5 Å². The van der Waals surface area contributed by atoms with Crippen LogP contribution in [0.2, 0.25) is 5.02 Å². The number of anilines is 1. The molecule has 1 amide bonds. The van der Waals surface area contributed by atoms with Gasteiger partial charge in [-0.1, -0.05) is 41.9 Å². The first-order valence-corrected chi connectivity index (χ1v) is 7.93. The van der Waals surface area contributed by atoms with E-state index in [1.165, 1.54) is 0 Å². The molecule has 0 fully saturated rings. The number of pyridine rings is 1. The smallest absolute Gasteiger partial charge is 0.257 e. The Kier molecular flexibility index (Phi) is 3.63. The SMILES string of the molecule is O=C1Nc2ccc(Cl)cc2/C1=C(/c1ccccc1)c1ccncc1. The fourth-order valence-electron chi connectivity index (χ4n) is 2.97. The van der Waals surface area contributed by atoms with Crippen LogP contribution in [-0.2, 0) is 4.79 Å². The third kappa shape index (κ3) is 2.49. The Hall–Kier alpha value is -2.91. The maximum atomic E-state index is 12.7. The van der Waals surface area contributed by atoms with Gasteiger partial charge in [0.15, 0.2) is 0 Å². The van der Waals surface area contributed by atoms with Gasteiger partial charge in [0.05, 0.1) is 5.57 Å². The van der Waals surface area contributed by atoms with Crippen LogP contribution in [0.15, 0.2) is 73.1 Å². The molecule has 0 unspecified atom stereocenters. The van der Waals surface area contributed by atoms with Crippen LogP contribution in [-0.4, -0.2) is 10.9 Å². The van der Waals surface area contributed by atoms with Crippen molar-refractivity contribution in [1.82, 2.24) is 4.98 Å². The molecule has 0 radical (unpaired) electrons. The highest BCUT2D eigenvalue weighted by molar-refractivity contribution is 6.39. The van der Waals surface area contributed by atoms with Crippen molar-refractivity contribution >= 4 is 34.3 Å². The van der Waals surface area contributed by atoms with Crippen LogP contribution in [0.5, 0.6) is 0 Å². The molecule has 2 heterocycles. The number of amides is 1. The van der Waals surface area contributed by atoms with Crippen LogP contribution in [0.25, 0.3) is 11.1 Å². The maximum absolute atomic E-state index is 12.7. The van der Waals surface area contributed by atoms with Gasteiger partial charge in [-0.25, -0.2) is 0 Å². The summed E-state index contributed by atoms with van der Waals surface area (Å²) in [5, 5.41) is 3.53. The lowest BCUT2D eigenvalue weighted by atomic mass is 9.90. The third-order valence-electron chi connectivity index (χ3n) is 4.01. The minimum Gasteiger partial charge on any atom is -0.321 e. The molecular weight excluding hydrogens is 320 g/mol. The van der Waals surface area contributed by atoms with Gasteiger partial charge in [-0.05, 0) is 41.5 Å². The van der Waals surface area contributed by atoms with E-state index < -0.39 is 0 Å². The summed E-state index contributed by atoms with van der Waals surface area (Å²) >= 11 is 6.16. The van der Waals surface area contributed by atoms with E-state index >= 15 is 0 Å². The number of halogens is 1. The molecule has 0 aliphatic carbocycles. The Morgan fingerprint density at radius 1 is 0.917 bits per heavy atom. The minimum absolute atomic E-state index is 0.122. The van der Waals surface area contributed by atoms with Gasteiger partial charge >= 0.3 is 0 Å². The molecule has 1 aliphatic heterocycles. The van der Waals surface area contributed by atoms with Gasteiger partial charge in [0.1, 0.15) is 0 Å². The molecule has 24 heavy (non-hydrogen) atoms. The van der Waals surface area contributed by atoms with E-state index in [0.29, 0.717) is 10.6 Å². The van der Waals surface area contributed by atoms with Gasteiger partial charge in [-0.2, -0.15) is 0 Å². The zero-order chi connectivity index (χ0) is 16.5. The van der Waals surface area contributed by atoms with Crippen LogP contribution in [0, 0.1) is 0 Å². The Bertz CT molecular complexity index is 908. The van der Waals surface area contributed by atoms with Gasteiger partial charge in [-0.3, -0.25) is 9.78 Å². The van der Waals surface area contributed by atoms with Gasteiger partial charge in [-0.15, -0.1) is 0 Å². The lowest BCUT2D eigenvalue weighted by molar-refractivity contribution is -0.110. The predicted octanol–water partition coefficient (Wildman–Crippen LogP) is 4.65. The Morgan fingerprint density at radius 2 is 1.62 bits per heavy atom. The van der Waals surface area contributed by atoms with Crippen LogP contribution >= 0.6 is 11.6 Å². The van der Waals surface area contributed by atoms with Crippen LogP contribution in [0.3, 0.4) is 0 Å². The highest BCUT2D eigenvalue weighted by Gasteiger charge is 2.28. The monoisotopic (exact) mass is 332 g/mol. The van der Waals surface area contributed by atoms with E-state index in [4.69, 9.17) is 11.6 Å². The van der Waals surface area contributed by atoms with Crippen molar-refractivity contribution in [1.29, 1.82) is 0 Å². The van der Waals surface area contributed by atoms with Crippen molar-refractivity contribution in [3.05, 3.63) is 94.8 Å². The summed E-state index contributed by atoms with van der Waals surface area (Å²) in [4.78, 5) is 16.8. The highest BCUT2D eigenvalue weighted by atomic mass is 35.5. The summed E-state index contributed by atoms with van der Waals surface area (Å²) in [6.07, 6.45) is 3.45. The fourth-order valence-corrected chi connectivity index (χ4v) is 3.14. The number of fused-ring (bicyclic) bond motifs is 1. The van der Waals surface area contributed by atoms with Crippen molar-refractivity contribution < 1.29 is 4.79 Å². The molecule has 116 valence electrons. The summed E-state index contributed by atoms with van der Waals surface area (Å²) in [5.74, 6) is -0.122. The highest BCUT2D eigenvalue weighted by Crippen LogP contribution is 2.40. The average Bonchev–Trinajstić information content (AvgIpc) is 2.93. The van der Waals surface area contributed by atoms with Gasteiger partial charge in [0.2, 0.25) is 0 Å². The number of hydrogen-bond donors (Lipinski definition) is 1. The average molecular weight is 333 g/mol. The molecule has 1 aromatic heterocycles. The second-order valence-electron chi connectivity index (χ2n) is 5.50. The van der Waals surface area contributed by atoms with Crippen molar-refractivity contribution in [3.8, 4) is 0 Å². The number of nitrogens with zero attached hydrogens (tertiary/aromatic N) is 1. The molecule has 2 aromatic carbocycles. The van der Waals surface area contributed by atoms with Crippen molar-refractivity contribution in [3.63, 3.8) is 0 Å². The quantitative estimate of drug-likeness (QED) is 0.694. The normalized spacial score (nSPS) is 15.0. The molecule has 4 rings (SSSR count). The molecule has 3 aromatic rings.